The molecule has 7 nitrogen and oxygen atoms in total. The first-order valence-electron chi connectivity index (χ1n) is 12.8. The van der Waals surface area contributed by atoms with Gasteiger partial charge in [0.1, 0.15) is 17.7 Å². The van der Waals surface area contributed by atoms with E-state index in [0.717, 1.165) is 16.7 Å². The van der Waals surface area contributed by atoms with Crippen molar-refractivity contribution in [1.29, 1.82) is 0 Å². The summed E-state index contributed by atoms with van der Waals surface area (Å²) in [4.78, 5) is 42.0. The molecule has 1 aromatic rings. The lowest BCUT2D eigenvalue weighted by atomic mass is 9.93. The lowest BCUT2D eigenvalue weighted by Crippen LogP contribution is -2.56. The normalized spacial score (nSPS) is 14.3. The molecular formula is C28H47N3O4. The summed E-state index contributed by atoms with van der Waals surface area (Å²) in [7, 11) is 0. The van der Waals surface area contributed by atoms with Crippen LogP contribution in [-0.4, -0.2) is 46.5 Å². The van der Waals surface area contributed by atoms with Crippen LogP contribution in [0.5, 0.6) is 0 Å². The van der Waals surface area contributed by atoms with E-state index in [1.54, 1.807) is 25.7 Å². The summed E-state index contributed by atoms with van der Waals surface area (Å²) in [6, 6.07) is 3.94. The minimum Gasteiger partial charge on any atom is -0.444 e. The van der Waals surface area contributed by atoms with E-state index in [2.05, 4.69) is 10.6 Å². The zero-order valence-corrected chi connectivity index (χ0v) is 23.6. The summed E-state index contributed by atoms with van der Waals surface area (Å²) >= 11 is 0. The maximum atomic E-state index is 14.1. The second-order valence-corrected chi connectivity index (χ2v) is 11.3. The van der Waals surface area contributed by atoms with Gasteiger partial charge in [-0.25, -0.2) is 4.79 Å². The van der Waals surface area contributed by atoms with Gasteiger partial charge < -0.3 is 20.3 Å². The summed E-state index contributed by atoms with van der Waals surface area (Å²) in [5, 5.41) is 5.79. The lowest BCUT2D eigenvalue weighted by Gasteiger charge is -2.39. The van der Waals surface area contributed by atoms with Crippen LogP contribution in [0.4, 0.5) is 4.79 Å². The van der Waals surface area contributed by atoms with Crippen molar-refractivity contribution < 1.29 is 19.1 Å². The molecule has 0 saturated heterocycles. The second kappa shape index (κ2) is 12.9. The Morgan fingerprint density at radius 2 is 1.60 bits per heavy atom. The molecule has 0 saturated carbocycles. The van der Waals surface area contributed by atoms with Gasteiger partial charge >= 0.3 is 6.09 Å². The predicted octanol–water partition coefficient (Wildman–Crippen LogP) is 5.44. The van der Waals surface area contributed by atoms with Crippen LogP contribution in [0.3, 0.4) is 0 Å². The van der Waals surface area contributed by atoms with Crippen LogP contribution < -0.4 is 10.6 Å². The topological polar surface area (TPSA) is 87.7 Å². The number of carbonyl (C=O) groups excluding carboxylic acids is 3. The third-order valence-electron chi connectivity index (χ3n) is 5.69. The highest BCUT2D eigenvalue weighted by Gasteiger charge is 2.39. The van der Waals surface area contributed by atoms with Gasteiger partial charge in [-0.15, -0.1) is 0 Å². The Hall–Kier alpha value is -2.57. The van der Waals surface area contributed by atoms with Gasteiger partial charge in [-0.2, -0.15) is 0 Å². The molecule has 7 heteroatoms. The van der Waals surface area contributed by atoms with Crippen molar-refractivity contribution in [3.8, 4) is 0 Å². The van der Waals surface area contributed by atoms with Crippen molar-refractivity contribution in [2.24, 2.45) is 5.92 Å². The van der Waals surface area contributed by atoms with Gasteiger partial charge in [0.15, 0.2) is 0 Å². The number of nitrogens with zero attached hydrogens (tertiary/aromatic N) is 1. The molecule has 3 atom stereocenters. The van der Waals surface area contributed by atoms with Gasteiger partial charge in [-0.3, -0.25) is 9.59 Å². The van der Waals surface area contributed by atoms with E-state index in [4.69, 9.17) is 4.74 Å². The number of hydrogen-bond acceptors (Lipinski definition) is 4. The van der Waals surface area contributed by atoms with E-state index < -0.39 is 23.8 Å². The number of aryl methyl sites for hydroxylation is 2. The first kappa shape index (κ1) is 30.5. The molecule has 0 heterocycles. The monoisotopic (exact) mass is 489 g/mol. The Kier molecular flexibility index (Phi) is 11.3. The SMILES string of the molecule is CCC(C)N(C(=O)C(CC(C)C)NC(=O)OC(C)(C)C)C(C(=O)NC(C)C)c1ccc(C)cc1C. The van der Waals surface area contributed by atoms with E-state index in [1.165, 1.54) is 0 Å². The van der Waals surface area contributed by atoms with Crippen molar-refractivity contribution in [3.63, 3.8) is 0 Å². The predicted molar refractivity (Wildman–Crippen MR) is 141 cm³/mol. The quantitative estimate of drug-likeness (QED) is 0.458. The number of amides is 3. The maximum absolute atomic E-state index is 14.1. The van der Waals surface area contributed by atoms with Gasteiger partial charge in [-0.05, 0) is 85.3 Å². The summed E-state index contributed by atoms with van der Waals surface area (Å²) in [6.45, 7) is 21.0. The third-order valence-corrected chi connectivity index (χ3v) is 5.69. The highest BCUT2D eigenvalue weighted by Crippen LogP contribution is 2.30. The Bertz CT molecular complexity index is 873. The van der Waals surface area contributed by atoms with Crippen molar-refractivity contribution >= 4 is 17.9 Å². The Labute approximate surface area is 212 Å². The van der Waals surface area contributed by atoms with Crippen molar-refractivity contribution in [2.45, 2.75) is 119 Å². The van der Waals surface area contributed by atoms with Crippen molar-refractivity contribution in [2.75, 3.05) is 0 Å². The Morgan fingerprint density at radius 3 is 2.06 bits per heavy atom. The van der Waals surface area contributed by atoms with Crippen LogP contribution in [-0.2, 0) is 14.3 Å². The molecule has 0 aromatic heterocycles. The van der Waals surface area contributed by atoms with Gasteiger partial charge in [0, 0.05) is 12.1 Å². The number of hydrogen-bond donors (Lipinski definition) is 2. The summed E-state index contributed by atoms with van der Waals surface area (Å²) in [5.74, 6) is -0.384. The minimum atomic E-state index is -0.824. The molecule has 0 aliphatic rings. The molecule has 3 unspecified atom stereocenters. The summed E-state index contributed by atoms with van der Waals surface area (Å²) in [5.41, 5.74) is 2.11. The minimum absolute atomic E-state index is 0.0870. The van der Waals surface area contributed by atoms with Crippen LogP contribution in [0.25, 0.3) is 0 Å². The number of alkyl carbamates (subject to hydrolysis) is 1. The van der Waals surface area contributed by atoms with Crippen LogP contribution >= 0.6 is 0 Å². The molecule has 198 valence electrons. The molecule has 2 N–H and O–H groups in total. The number of rotatable bonds is 10. The molecule has 3 amide bonds. The van der Waals surface area contributed by atoms with E-state index in [1.807, 2.05) is 73.6 Å². The average molecular weight is 490 g/mol. The molecule has 0 radical (unpaired) electrons. The highest BCUT2D eigenvalue weighted by atomic mass is 16.6. The van der Waals surface area contributed by atoms with Crippen molar-refractivity contribution in [3.05, 3.63) is 34.9 Å². The van der Waals surface area contributed by atoms with Crippen LogP contribution in [0.2, 0.25) is 0 Å². The van der Waals surface area contributed by atoms with E-state index >= 15 is 0 Å². The van der Waals surface area contributed by atoms with Crippen molar-refractivity contribution in [1.82, 2.24) is 15.5 Å². The fraction of sp³-hybridized carbons (Fsp3) is 0.679. The van der Waals surface area contributed by atoms with Gasteiger partial charge in [0.2, 0.25) is 11.8 Å². The first-order chi connectivity index (χ1) is 16.1. The molecule has 0 aliphatic heterocycles. The number of carbonyl (C=O) groups is 3. The zero-order chi connectivity index (χ0) is 27.1. The molecule has 35 heavy (non-hydrogen) atoms. The number of ether oxygens (including phenoxy) is 1. The van der Waals surface area contributed by atoms with E-state index in [9.17, 15) is 14.4 Å². The van der Waals surface area contributed by atoms with Crippen LogP contribution in [0.15, 0.2) is 18.2 Å². The highest BCUT2D eigenvalue weighted by molar-refractivity contribution is 5.92. The van der Waals surface area contributed by atoms with Gasteiger partial charge in [0.25, 0.3) is 0 Å². The summed E-state index contributed by atoms with van der Waals surface area (Å²) < 4.78 is 5.44. The molecule has 0 fully saturated rings. The fourth-order valence-corrected chi connectivity index (χ4v) is 4.03. The Morgan fingerprint density at radius 1 is 1.00 bits per heavy atom. The molecule has 0 spiro atoms. The van der Waals surface area contributed by atoms with Crippen LogP contribution in [0, 0.1) is 19.8 Å². The first-order valence-corrected chi connectivity index (χ1v) is 12.8. The Balaban J connectivity index is 3.59. The number of nitrogens with one attached hydrogen (secondary N) is 2. The van der Waals surface area contributed by atoms with Crippen LogP contribution in [0.1, 0.15) is 97.9 Å². The molecule has 0 aliphatic carbocycles. The van der Waals surface area contributed by atoms with Gasteiger partial charge in [0.05, 0.1) is 0 Å². The smallest absolute Gasteiger partial charge is 0.408 e. The lowest BCUT2D eigenvalue weighted by molar-refractivity contribution is -0.145. The molecular weight excluding hydrogens is 442 g/mol. The molecule has 0 bridgehead atoms. The molecule has 1 aromatic carbocycles. The average Bonchev–Trinajstić information content (AvgIpc) is 2.68. The van der Waals surface area contributed by atoms with E-state index in [0.29, 0.717) is 12.8 Å². The number of benzene rings is 1. The second-order valence-electron chi connectivity index (χ2n) is 11.3. The van der Waals surface area contributed by atoms with E-state index in [-0.39, 0.29) is 29.8 Å². The standard InChI is InChI=1S/C28H47N3O4/c1-12-21(8)31(26(33)23(15-17(2)3)30-27(34)35-28(9,10)11)24(25(32)29-18(4)5)22-14-13-19(6)16-20(22)7/h13-14,16-18,21,23-24H,12,15H2,1-11H3,(H,29,32)(H,30,34). The largest absolute Gasteiger partial charge is 0.444 e. The summed E-state index contributed by atoms with van der Waals surface area (Å²) in [6.07, 6.45) is 0.439. The molecule has 1 rings (SSSR count). The maximum Gasteiger partial charge on any atom is 0.408 e. The fourth-order valence-electron chi connectivity index (χ4n) is 4.03. The van der Waals surface area contributed by atoms with Gasteiger partial charge in [-0.1, -0.05) is 44.5 Å². The third kappa shape index (κ3) is 9.54. The zero-order valence-electron chi connectivity index (χ0n) is 23.6.